The van der Waals surface area contributed by atoms with Gasteiger partial charge >= 0.3 is 10.1 Å². The molecule has 0 spiro atoms. The van der Waals surface area contributed by atoms with E-state index in [0.717, 1.165) is 45.0 Å². The van der Waals surface area contributed by atoms with Crippen molar-refractivity contribution in [3.8, 4) is 17.2 Å². The van der Waals surface area contributed by atoms with Crippen LogP contribution in [0.3, 0.4) is 0 Å². The molecule has 2 aromatic heterocycles. The molecular weight excluding hydrogens is 587 g/mol. The maximum absolute atomic E-state index is 13.1. The molecule has 9 nitrogen and oxygen atoms in total. The Kier molecular flexibility index (Phi) is 10.1. The van der Waals surface area contributed by atoms with Crippen LogP contribution in [-0.4, -0.2) is 44.9 Å². The highest BCUT2D eigenvalue weighted by Gasteiger charge is 2.29. The number of anilines is 1. The number of pyridine rings is 1. The predicted molar refractivity (Wildman–Crippen MR) is 170 cm³/mol. The van der Waals surface area contributed by atoms with Gasteiger partial charge < -0.3 is 19.5 Å². The standard InChI is InChI=1S/C32H35N3O6S2/c1-4-18-39-43(36,37)27-16-12-22(2)31(32(27)41-30-11-7-8-19-38-30)40-24-14-15-25-26(20-24)42-29(35-25)10-6-5-9-23-13-17-28(33-3)34-21-23/h5-6,9-10,12-17,20-21,30H,4,7-8,11,18-19H2,1-3H3,(H,33,34)/b9-5+,10-6+. The van der Waals surface area contributed by atoms with Crippen molar-refractivity contribution in [3.63, 3.8) is 0 Å². The minimum Gasteiger partial charge on any atom is -0.460 e. The number of nitrogens with zero attached hydrogens (tertiary/aromatic N) is 2. The first-order valence-electron chi connectivity index (χ1n) is 14.2. The molecule has 0 saturated carbocycles. The molecule has 0 amide bonds. The molecule has 11 heteroatoms. The summed E-state index contributed by atoms with van der Waals surface area (Å²) in [6, 6.07) is 12.7. The number of allylic oxidation sites excluding steroid dienone is 2. The molecule has 0 radical (unpaired) electrons. The molecule has 1 aliphatic heterocycles. The minimum absolute atomic E-state index is 0.0708. The summed E-state index contributed by atoms with van der Waals surface area (Å²) >= 11 is 1.53. The highest BCUT2D eigenvalue weighted by Crippen LogP contribution is 2.42. The van der Waals surface area contributed by atoms with Gasteiger partial charge in [0.05, 0.1) is 23.4 Å². The number of nitrogens with one attached hydrogen (secondary N) is 1. The van der Waals surface area contributed by atoms with Crippen LogP contribution in [0, 0.1) is 6.92 Å². The zero-order valence-electron chi connectivity index (χ0n) is 24.4. The summed E-state index contributed by atoms with van der Waals surface area (Å²) in [4.78, 5) is 8.93. The lowest BCUT2D eigenvalue weighted by Crippen LogP contribution is -2.26. The molecule has 1 N–H and O–H groups in total. The molecule has 1 atom stereocenters. The third-order valence-electron chi connectivity index (χ3n) is 6.65. The Morgan fingerprint density at radius 3 is 2.70 bits per heavy atom. The van der Waals surface area contributed by atoms with Crippen molar-refractivity contribution in [2.24, 2.45) is 0 Å². The summed E-state index contributed by atoms with van der Waals surface area (Å²) in [6.07, 6.45) is 12.1. The van der Waals surface area contributed by atoms with Gasteiger partial charge in [0, 0.05) is 25.7 Å². The lowest BCUT2D eigenvalue weighted by molar-refractivity contribution is -0.107. The Balaban J connectivity index is 1.39. The molecule has 3 heterocycles. The molecule has 226 valence electrons. The van der Waals surface area contributed by atoms with E-state index in [2.05, 4.69) is 10.3 Å². The van der Waals surface area contributed by atoms with Crippen LogP contribution in [0.4, 0.5) is 5.82 Å². The Morgan fingerprint density at radius 2 is 1.95 bits per heavy atom. The normalized spacial score (nSPS) is 15.8. The average Bonchev–Trinajstić information content (AvgIpc) is 3.43. The van der Waals surface area contributed by atoms with E-state index in [-0.39, 0.29) is 17.3 Å². The minimum atomic E-state index is -4.09. The SMILES string of the molecule is CCCOS(=O)(=O)c1ccc(C)c(Oc2ccc3nc(/C=C/C=C/c4ccc(NC)nc4)sc3c2)c1OC1CCCCO1. The summed E-state index contributed by atoms with van der Waals surface area (Å²) in [5.74, 6) is 1.76. The lowest BCUT2D eigenvalue weighted by atomic mass is 10.2. The maximum atomic E-state index is 13.1. The average molecular weight is 622 g/mol. The maximum Gasteiger partial charge on any atom is 0.300 e. The second-order valence-electron chi connectivity index (χ2n) is 9.96. The van der Waals surface area contributed by atoms with Gasteiger partial charge in [0.25, 0.3) is 0 Å². The van der Waals surface area contributed by atoms with Crippen LogP contribution in [0.15, 0.2) is 65.7 Å². The molecule has 1 saturated heterocycles. The van der Waals surface area contributed by atoms with Crippen molar-refractivity contribution >= 4 is 49.6 Å². The second kappa shape index (κ2) is 14.1. The van der Waals surface area contributed by atoms with Crippen LogP contribution < -0.4 is 14.8 Å². The van der Waals surface area contributed by atoms with Crippen LogP contribution in [0.2, 0.25) is 0 Å². The highest BCUT2D eigenvalue weighted by molar-refractivity contribution is 7.86. The Morgan fingerprint density at radius 1 is 1.09 bits per heavy atom. The summed E-state index contributed by atoms with van der Waals surface area (Å²) in [6.45, 7) is 4.32. The molecule has 43 heavy (non-hydrogen) atoms. The van der Waals surface area contributed by atoms with Crippen LogP contribution in [-0.2, 0) is 19.0 Å². The Bertz CT molecular complexity index is 1710. The van der Waals surface area contributed by atoms with Crippen LogP contribution >= 0.6 is 11.3 Å². The van der Waals surface area contributed by atoms with Gasteiger partial charge in [-0.2, -0.15) is 8.42 Å². The number of hydrogen-bond donors (Lipinski definition) is 1. The fourth-order valence-electron chi connectivity index (χ4n) is 4.40. The smallest absolute Gasteiger partial charge is 0.300 e. The van der Waals surface area contributed by atoms with Crippen molar-refractivity contribution in [1.82, 2.24) is 9.97 Å². The lowest BCUT2D eigenvalue weighted by Gasteiger charge is -2.26. The molecule has 4 aromatic rings. The topological polar surface area (TPSA) is 109 Å². The van der Waals surface area contributed by atoms with Gasteiger partial charge in [-0.1, -0.05) is 31.2 Å². The Hall–Kier alpha value is -3.77. The van der Waals surface area contributed by atoms with E-state index in [4.69, 9.17) is 23.4 Å². The first-order valence-corrected chi connectivity index (χ1v) is 16.5. The van der Waals surface area contributed by atoms with Gasteiger partial charge in [0.1, 0.15) is 21.5 Å². The van der Waals surface area contributed by atoms with E-state index in [1.807, 2.05) is 75.5 Å². The number of rotatable bonds is 12. The molecule has 2 aromatic carbocycles. The van der Waals surface area contributed by atoms with Gasteiger partial charge in [-0.15, -0.1) is 11.3 Å². The van der Waals surface area contributed by atoms with Crippen LogP contribution in [0.5, 0.6) is 17.2 Å². The fraction of sp³-hybridized carbons (Fsp3) is 0.312. The van der Waals surface area contributed by atoms with E-state index < -0.39 is 16.4 Å². The molecule has 1 unspecified atom stereocenters. The highest BCUT2D eigenvalue weighted by atomic mass is 32.2. The van der Waals surface area contributed by atoms with Crippen LogP contribution in [0.25, 0.3) is 22.4 Å². The van der Waals surface area contributed by atoms with E-state index in [9.17, 15) is 8.42 Å². The zero-order chi connectivity index (χ0) is 30.2. The Labute approximate surface area is 256 Å². The van der Waals surface area contributed by atoms with Crippen molar-refractivity contribution in [3.05, 3.63) is 76.9 Å². The summed E-state index contributed by atoms with van der Waals surface area (Å²) < 4.78 is 50.8. The molecule has 0 aliphatic carbocycles. The quantitative estimate of drug-likeness (QED) is 0.126. The van der Waals surface area contributed by atoms with Gasteiger partial charge in [0.15, 0.2) is 17.8 Å². The van der Waals surface area contributed by atoms with E-state index >= 15 is 0 Å². The summed E-state index contributed by atoms with van der Waals surface area (Å²) in [7, 11) is -2.25. The molecular formula is C32H35N3O6S2. The van der Waals surface area contributed by atoms with Gasteiger partial charge in [-0.3, -0.25) is 4.18 Å². The second-order valence-corrected chi connectivity index (χ2v) is 12.6. The summed E-state index contributed by atoms with van der Waals surface area (Å²) in [5.41, 5.74) is 2.55. The van der Waals surface area contributed by atoms with Crippen molar-refractivity contribution in [1.29, 1.82) is 0 Å². The monoisotopic (exact) mass is 621 g/mol. The van der Waals surface area contributed by atoms with Crippen molar-refractivity contribution in [2.75, 3.05) is 25.6 Å². The third-order valence-corrected chi connectivity index (χ3v) is 8.97. The largest absolute Gasteiger partial charge is 0.460 e. The molecule has 1 aliphatic rings. The number of thiazole rings is 1. The van der Waals surface area contributed by atoms with Crippen molar-refractivity contribution in [2.45, 2.75) is 50.7 Å². The number of fused-ring (bicyclic) bond motifs is 1. The zero-order valence-corrected chi connectivity index (χ0v) is 26.0. The number of aryl methyl sites for hydroxylation is 1. The van der Waals surface area contributed by atoms with Gasteiger partial charge in [-0.05, 0) is 73.7 Å². The molecule has 1 fully saturated rings. The number of aromatic nitrogens is 2. The molecule has 5 rings (SSSR count). The fourth-order valence-corrected chi connectivity index (χ4v) is 6.43. The van der Waals surface area contributed by atoms with Gasteiger partial charge in [-0.25, -0.2) is 9.97 Å². The first kappa shape index (κ1) is 30.7. The van der Waals surface area contributed by atoms with Crippen molar-refractivity contribution < 1.29 is 26.8 Å². The van der Waals surface area contributed by atoms with Crippen LogP contribution in [0.1, 0.15) is 48.7 Å². The van der Waals surface area contributed by atoms with Gasteiger partial charge in [0.2, 0.25) is 0 Å². The first-order chi connectivity index (χ1) is 20.9. The van der Waals surface area contributed by atoms with E-state index in [1.54, 1.807) is 12.3 Å². The third kappa shape index (κ3) is 7.80. The number of hydrogen-bond acceptors (Lipinski definition) is 10. The van der Waals surface area contributed by atoms with E-state index in [1.165, 1.54) is 17.4 Å². The molecule has 0 bridgehead atoms. The van der Waals surface area contributed by atoms with E-state index in [0.29, 0.717) is 30.9 Å². The number of benzene rings is 2. The predicted octanol–water partition coefficient (Wildman–Crippen LogP) is 7.58. The number of ether oxygens (including phenoxy) is 3. The summed E-state index contributed by atoms with van der Waals surface area (Å²) in [5, 5.41) is 3.85.